The zero-order chi connectivity index (χ0) is 21.8. The lowest BCUT2D eigenvalue weighted by Crippen LogP contribution is -2.07. The molecule has 0 saturated carbocycles. The van der Waals surface area contributed by atoms with Gasteiger partial charge in [-0.05, 0) is 72.3 Å². The second-order valence-electron chi connectivity index (χ2n) is 7.05. The number of carbonyl (C=O) groups is 1. The molecular formula is C24H19FN4O2. The van der Waals surface area contributed by atoms with Crippen molar-refractivity contribution in [3.05, 3.63) is 95.4 Å². The van der Waals surface area contributed by atoms with E-state index in [1.165, 1.54) is 12.1 Å². The molecular weight excluding hydrogens is 395 g/mol. The summed E-state index contributed by atoms with van der Waals surface area (Å²) in [5.74, 6) is -0.687. The van der Waals surface area contributed by atoms with Crippen LogP contribution in [-0.2, 0) is 9.53 Å². The van der Waals surface area contributed by atoms with Gasteiger partial charge in [0.15, 0.2) is 5.70 Å². The average Bonchev–Trinajstić information content (AvgIpc) is 3.14. The highest BCUT2D eigenvalue weighted by Crippen LogP contribution is 2.23. The molecule has 0 aliphatic carbocycles. The van der Waals surface area contributed by atoms with Crippen molar-refractivity contribution in [2.45, 2.75) is 0 Å². The number of azo groups is 1. The zero-order valence-electron chi connectivity index (χ0n) is 17.0. The van der Waals surface area contributed by atoms with E-state index in [1.807, 2.05) is 43.3 Å². The Morgan fingerprint density at radius 3 is 2.03 bits per heavy atom. The van der Waals surface area contributed by atoms with Gasteiger partial charge in [0.1, 0.15) is 5.82 Å². The smallest absolute Gasteiger partial charge is 0.363 e. The fourth-order valence-corrected chi connectivity index (χ4v) is 2.85. The fraction of sp³-hybridized carbons (Fsp3) is 0.0833. The van der Waals surface area contributed by atoms with Gasteiger partial charge >= 0.3 is 5.97 Å². The van der Waals surface area contributed by atoms with Crippen molar-refractivity contribution in [2.75, 3.05) is 19.0 Å². The Labute approximate surface area is 179 Å². The summed E-state index contributed by atoms with van der Waals surface area (Å²) in [6.07, 6.45) is 1.55. The summed E-state index contributed by atoms with van der Waals surface area (Å²) in [4.78, 5) is 18.4. The van der Waals surface area contributed by atoms with Gasteiger partial charge in [-0.3, -0.25) is 0 Å². The Balaban J connectivity index is 1.47. The molecule has 3 aromatic rings. The molecule has 7 heteroatoms. The average molecular weight is 414 g/mol. The summed E-state index contributed by atoms with van der Waals surface area (Å²) < 4.78 is 18.3. The van der Waals surface area contributed by atoms with Crippen molar-refractivity contribution < 1.29 is 13.9 Å². The molecule has 154 valence electrons. The molecule has 1 aliphatic rings. The van der Waals surface area contributed by atoms with Crippen molar-refractivity contribution in [1.82, 2.24) is 0 Å². The number of benzene rings is 3. The van der Waals surface area contributed by atoms with Crippen molar-refractivity contribution >= 4 is 35.0 Å². The van der Waals surface area contributed by atoms with Crippen LogP contribution in [0.25, 0.3) is 6.08 Å². The molecule has 6 nitrogen and oxygen atoms in total. The van der Waals surface area contributed by atoms with Crippen LogP contribution in [0.5, 0.6) is 0 Å². The van der Waals surface area contributed by atoms with Gasteiger partial charge in [-0.15, -0.1) is 0 Å². The van der Waals surface area contributed by atoms with Crippen LogP contribution in [0.3, 0.4) is 0 Å². The van der Waals surface area contributed by atoms with Gasteiger partial charge in [-0.2, -0.15) is 10.2 Å². The minimum atomic E-state index is -0.552. The largest absolute Gasteiger partial charge is 0.402 e. The van der Waals surface area contributed by atoms with E-state index < -0.39 is 5.97 Å². The van der Waals surface area contributed by atoms with Crippen LogP contribution in [0.4, 0.5) is 21.5 Å². The summed E-state index contributed by atoms with van der Waals surface area (Å²) in [6, 6.07) is 20.6. The first-order valence-electron chi connectivity index (χ1n) is 9.56. The lowest BCUT2D eigenvalue weighted by molar-refractivity contribution is -0.129. The van der Waals surface area contributed by atoms with Crippen molar-refractivity contribution in [3.63, 3.8) is 0 Å². The number of aliphatic imine (C=N–C) groups is 1. The normalized spacial score (nSPS) is 14.7. The van der Waals surface area contributed by atoms with Crippen LogP contribution in [0.1, 0.15) is 11.1 Å². The van der Waals surface area contributed by atoms with Crippen LogP contribution >= 0.6 is 0 Å². The van der Waals surface area contributed by atoms with Crippen molar-refractivity contribution in [2.24, 2.45) is 15.2 Å². The SMILES string of the molecule is CN(C)c1ccc(N=Nc2ccc(C3=N/C(=C/c4ccc(F)cc4)C(=O)O3)cc2)cc1. The van der Waals surface area contributed by atoms with Gasteiger partial charge in [0.05, 0.1) is 11.4 Å². The molecule has 0 bridgehead atoms. The van der Waals surface area contributed by atoms with Gasteiger partial charge in [0.2, 0.25) is 5.90 Å². The lowest BCUT2D eigenvalue weighted by Gasteiger charge is -2.11. The number of carbonyl (C=O) groups excluding carboxylic acids is 1. The number of esters is 1. The summed E-state index contributed by atoms with van der Waals surface area (Å²) >= 11 is 0. The van der Waals surface area contributed by atoms with Gasteiger partial charge < -0.3 is 9.64 Å². The third-order valence-corrected chi connectivity index (χ3v) is 4.56. The topological polar surface area (TPSA) is 66.6 Å². The summed E-state index contributed by atoms with van der Waals surface area (Å²) in [6.45, 7) is 0. The molecule has 0 radical (unpaired) electrons. The van der Waals surface area contributed by atoms with E-state index in [2.05, 4.69) is 15.2 Å². The number of nitrogens with zero attached hydrogens (tertiary/aromatic N) is 4. The molecule has 0 N–H and O–H groups in total. The maximum absolute atomic E-state index is 13.0. The molecule has 1 heterocycles. The van der Waals surface area contributed by atoms with Crippen LogP contribution in [-0.4, -0.2) is 26.0 Å². The number of ether oxygens (including phenoxy) is 1. The predicted octanol–water partition coefficient (Wildman–Crippen LogP) is 5.65. The first kappa shape index (κ1) is 20.2. The summed E-state index contributed by atoms with van der Waals surface area (Å²) in [7, 11) is 3.96. The van der Waals surface area contributed by atoms with Crippen LogP contribution < -0.4 is 4.90 Å². The van der Waals surface area contributed by atoms with Crippen LogP contribution in [0.15, 0.2) is 93.7 Å². The zero-order valence-corrected chi connectivity index (χ0v) is 17.0. The maximum atomic E-state index is 13.0. The Morgan fingerprint density at radius 2 is 1.45 bits per heavy atom. The number of hydrogen-bond acceptors (Lipinski definition) is 6. The monoisotopic (exact) mass is 414 g/mol. The van der Waals surface area contributed by atoms with Crippen LogP contribution in [0, 0.1) is 5.82 Å². The van der Waals surface area contributed by atoms with Gasteiger partial charge in [0.25, 0.3) is 0 Å². The molecule has 0 unspecified atom stereocenters. The first-order chi connectivity index (χ1) is 15.0. The number of anilines is 1. The highest BCUT2D eigenvalue weighted by Gasteiger charge is 2.24. The Kier molecular flexibility index (Phi) is 5.66. The number of halogens is 1. The third kappa shape index (κ3) is 4.90. The Bertz CT molecular complexity index is 1180. The molecule has 0 fully saturated rings. The standard InChI is InChI=1S/C24H19FN4O2/c1-29(2)21-13-11-20(12-14-21)28-27-19-9-5-17(6-10-19)23-26-22(24(30)31-23)15-16-3-7-18(25)8-4-16/h3-15H,1-2H3/b22-15+,28-27?. The fourth-order valence-electron chi connectivity index (χ4n) is 2.85. The molecule has 31 heavy (non-hydrogen) atoms. The van der Waals surface area contributed by atoms with E-state index in [0.717, 1.165) is 11.4 Å². The molecule has 0 amide bonds. The van der Waals surface area contributed by atoms with Gasteiger partial charge in [0, 0.05) is 25.3 Å². The number of rotatable bonds is 5. The van der Waals surface area contributed by atoms with Gasteiger partial charge in [-0.25, -0.2) is 14.2 Å². The van der Waals surface area contributed by atoms with E-state index in [4.69, 9.17) is 4.74 Å². The Hall–Kier alpha value is -4.13. The van der Waals surface area contributed by atoms with Crippen LogP contribution in [0.2, 0.25) is 0 Å². The highest BCUT2D eigenvalue weighted by molar-refractivity contribution is 6.12. The first-order valence-corrected chi connectivity index (χ1v) is 9.56. The van der Waals surface area contributed by atoms with Gasteiger partial charge in [-0.1, -0.05) is 12.1 Å². The highest BCUT2D eigenvalue weighted by atomic mass is 19.1. The molecule has 0 atom stereocenters. The maximum Gasteiger partial charge on any atom is 0.363 e. The molecule has 0 aromatic heterocycles. The second kappa shape index (κ2) is 8.71. The van der Waals surface area contributed by atoms with Crippen molar-refractivity contribution in [1.29, 1.82) is 0 Å². The molecule has 1 aliphatic heterocycles. The summed E-state index contributed by atoms with van der Waals surface area (Å²) in [5, 5.41) is 8.47. The van der Waals surface area contributed by atoms with E-state index in [9.17, 15) is 9.18 Å². The molecule has 3 aromatic carbocycles. The van der Waals surface area contributed by atoms with E-state index in [1.54, 1.807) is 42.5 Å². The lowest BCUT2D eigenvalue weighted by atomic mass is 10.2. The second-order valence-corrected chi connectivity index (χ2v) is 7.05. The molecule has 0 spiro atoms. The van der Waals surface area contributed by atoms with E-state index >= 15 is 0 Å². The number of hydrogen-bond donors (Lipinski definition) is 0. The quantitative estimate of drug-likeness (QED) is 0.308. The molecule has 0 saturated heterocycles. The van der Waals surface area contributed by atoms with E-state index in [0.29, 0.717) is 16.8 Å². The minimum absolute atomic E-state index is 0.159. The van der Waals surface area contributed by atoms with E-state index in [-0.39, 0.29) is 17.4 Å². The van der Waals surface area contributed by atoms with Crippen molar-refractivity contribution in [3.8, 4) is 0 Å². The number of cyclic esters (lactones) is 1. The third-order valence-electron chi connectivity index (χ3n) is 4.56. The predicted molar refractivity (Wildman–Crippen MR) is 118 cm³/mol. The summed E-state index contributed by atoms with van der Waals surface area (Å²) in [5.41, 5.74) is 3.96. The Morgan fingerprint density at radius 1 is 0.871 bits per heavy atom. The molecule has 4 rings (SSSR count). The minimum Gasteiger partial charge on any atom is -0.402 e.